The first-order chi connectivity index (χ1) is 5.37. The van der Waals surface area contributed by atoms with Crippen molar-refractivity contribution in [1.29, 1.82) is 0 Å². The number of likely N-dealkylation sites (N-methyl/N-ethyl adjacent to an activating group) is 1. The Morgan fingerprint density at radius 3 is 2.91 bits per heavy atom. The number of ether oxygens (including phenoxy) is 1. The highest BCUT2D eigenvalue weighted by Crippen LogP contribution is 2.23. The third kappa shape index (κ3) is 1.08. The molecule has 1 N–H and O–H groups in total. The van der Waals surface area contributed by atoms with E-state index in [1.165, 1.54) is 0 Å². The Morgan fingerprint density at radius 2 is 2.45 bits per heavy atom. The van der Waals surface area contributed by atoms with E-state index in [4.69, 9.17) is 4.74 Å². The first kappa shape index (κ1) is 7.53. The number of nitrogens with zero attached hydrogens (tertiary/aromatic N) is 1. The summed E-state index contributed by atoms with van der Waals surface area (Å²) in [5.74, 6) is 0. The highest BCUT2D eigenvalue weighted by atomic mass is 16.5. The molecule has 0 amide bonds. The summed E-state index contributed by atoms with van der Waals surface area (Å²) in [6.45, 7) is 8.56. The molecule has 2 fully saturated rings. The second-order valence-corrected chi connectivity index (χ2v) is 3.46. The summed E-state index contributed by atoms with van der Waals surface area (Å²) in [6.07, 6.45) is 0. The lowest BCUT2D eigenvalue weighted by atomic mass is 9.90. The van der Waals surface area contributed by atoms with E-state index in [0.717, 1.165) is 39.4 Å². The average molecular weight is 158 g/mol. The molecule has 66 valence electrons. The van der Waals surface area contributed by atoms with Crippen molar-refractivity contribution in [3.05, 3.63) is 0 Å². The molecule has 3 nitrogen and oxygen atoms in total. The maximum absolute atomic E-state index is 5.48. The molecule has 2 aliphatic rings. The molecule has 11 heavy (non-hydrogen) atoms. The van der Waals surface area contributed by atoms with Gasteiger partial charge in [0.15, 0.2) is 0 Å². The van der Waals surface area contributed by atoms with Crippen molar-refractivity contribution >= 4 is 0 Å². The summed E-state index contributed by atoms with van der Waals surface area (Å²) >= 11 is 0. The van der Waals surface area contributed by atoms with Crippen LogP contribution in [0, 0.1) is 0 Å². The number of hydrogen-bond acceptors (Lipinski definition) is 3. The van der Waals surface area contributed by atoms with E-state index in [2.05, 4.69) is 17.1 Å². The van der Waals surface area contributed by atoms with Crippen LogP contribution in [0.2, 0.25) is 0 Å². The molecular formula is C8H18N2O. The Kier molecular flexibility index (Phi) is 1.87. The number of hydrogen-bond donors (Lipinski definition) is 1. The second-order valence-electron chi connectivity index (χ2n) is 3.46. The van der Waals surface area contributed by atoms with Crippen LogP contribution >= 0.6 is 0 Å². The minimum Gasteiger partial charge on any atom is -0.378 e. The molecule has 0 saturated carbocycles. The van der Waals surface area contributed by atoms with Crippen molar-refractivity contribution < 1.29 is 6.16 Å². The van der Waals surface area contributed by atoms with E-state index >= 15 is 0 Å². The van der Waals surface area contributed by atoms with Crippen molar-refractivity contribution in [2.45, 2.75) is 12.5 Å². The molecule has 0 aromatic rings. The Bertz CT molecular complexity index is 150. The summed E-state index contributed by atoms with van der Waals surface area (Å²) in [7, 11) is 0. The van der Waals surface area contributed by atoms with Gasteiger partial charge in [-0.05, 0) is 6.54 Å². The van der Waals surface area contributed by atoms with Crippen LogP contribution in [0.1, 0.15) is 8.35 Å². The lowest BCUT2D eigenvalue weighted by Crippen LogP contribution is -2.73. The van der Waals surface area contributed by atoms with Crippen LogP contribution in [-0.4, -0.2) is 49.8 Å². The topological polar surface area (TPSA) is 24.5 Å². The largest absolute Gasteiger partial charge is 0.378 e. The number of rotatable bonds is 1. The van der Waals surface area contributed by atoms with Gasteiger partial charge in [-0.25, -0.2) is 0 Å². The van der Waals surface area contributed by atoms with Gasteiger partial charge in [-0.3, -0.25) is 4.90 Å². The zero-order valence-electron chi connectivity index (χ0n) is 7.10. The SMILES string of the molecule is CCN1CCOCC12CNC2.[HH]. The molecule has 2 aliphatic heterocycles. The molecule has 1 spiro atoms. The number of nitrogens with one attached hydrogen (secondary N) is 1. The summed E-state index contributed by atoms with van der Waals surface area (Å²) in [6, 6.07) is 0. The molecule has 0 aliphatic carbocycles. The Labute approximate surface area is 69.2 Å². The van der Waals surface area contributed by atoms with Gasteiger partial charge in [0, 0.05) is 21.1 Å². The van der Waals surface area contributed by atoms with Gasteiger partial charge in [0.2, 0.25) is 0 Å². The molecule has 0 radical (unpaired) electrons. The van der Waals surface area contributed by atoms with E-state index in [9.17, 15) is 0 Å². The first-order valence-corrected chi connectivity index (χ1v) is 4.41. The minimum absolute atomic E-state index is 0. The zero-order valence-corrected chi connectivity index (χ0v) is 7.10. The molecule has 0 atom stereocenters. The third-order valence-electron chi connectivity index (χ3n) is 2.84. The second kappa shape index (κ2) is 2.73. The van der Waals surface area contributed by atoms with E-state index in [0.29, 0.717) is 5.54 Å². The van der Waals surface area contributed by atoms with Crippen LogP contribution in [0.15, 0.2) is 0 Å². The van der Waals surface area contributed by atoms with Gasteiger partial charge in [0.25, 0.3) is 0 Å². The van der Waals surface area contributed by atoms with Crippen LogP contribution in [0.25, 0.3) is 0 Å². The first-order valence-electron chi connectivity index (χ1n) is 4.41. The standard InChI is InChI=1S/C8H16N2O.H2/c1-2-10-3-4-11-7-8(10)5-9-6-8;/h9H,2-7H2,1H3;1H. The van der Waals surface area contributed by atoms with E-state index in [-0.39, 0.29) is 1.43 Å². The van der Waals surface area contributed by atoms with Crippen LogP contribution < -0.4 is 5.32 Å². The maximum atomic E-state index is 5.48. The highest BCUT2D eigenvalue weighted by Gasteiger charge is 2.43. The van der Waals surface area contributed by atoms with Crippen LogP contribution in [0.5, 0.6) is 0 Å². The third-order valence-corrected chi connectivity index (χ3v) is 2.84. The van der Waals surface area contributed by atoms with Crippen molar-refractivity contribution in [3.63, 3.8) is 0 Å². The summed E-state index contributed by atoms with van der Waals surface area (Å²) in [4.78, 5) is 2.53. The van der Waals surface area contributed by atoms with Crippen molar-refractivity contribution in [2.75, 3.05) is 39.4 Å². The predicted octanol–water partition coefficient (Wildman–Crippen LogP) is -0.0735. The number of morpholine rings is 1. The molecule has 0 aromatic carbocycles. The van der Waals surface area contributed by atoms with Gasteiger partial charge in [-0.2, -0.15) is 0 Å². The van der Waals surface area contributed by atoms with Crippen molar-refractivity contribution in [2.24, 2.45) is 0 Å². The van der Waals surface area contributed by atoms with Crippen LogP contribution in [-0.2, 0) is 4.74 Å². The zero-order chi connectivity index (χ0) is 7.73. The van der Waals surface area contributed by atoms with Crippen molar-refractivity contribution in [3.8, 4) is 0 Å². The highest BCUT2D eigenvalue weighted by molar-refractivity contribution is 5.03. The molecule has 0 bridgehead atoms. The molecule has 2 heterocycles. The molecule has 0 aromatic heterocycles. The molecular weight excluding hydrogens is 140 g/mol. The van der Waals surface area contributed by atoms with E-state index < -0.39 is 0 Å². The van der Waals surface area contributed by atoms with Gasteiger partial charge >= 0.3 is 0 Å². The summed E-state index contributed by atoms with van der Waals surface area (Å²) in [5, 5.41) is 3.31. The van der Waals surface area contributed by atoms with Gasteiger partial charge < -0.3 is 10.1 Å². The van der Waals surface area contributed by atoms with Crippen LogP contribution in [0.3, 0.4) is 0 Å². The van der Waals surface area contributed by atoms with E-state index in [1.54, 1.807) is 0 Å². The predicted molar refractivity (Wildman–Crippen MR) is 45.8 cm³/mol. The Morgan fingerprint density at radius 1 is 1.64 bits per heavy atom. The lowest BCUT2D eigenvalue weighted by Gasteiger charge is -2.52. The fraction of sp³-hybridized carbons (Fsp3) is 1.00. The maximum Gasteiger partial charge on any atom is 0.0694 e. The molecule has 2 rings (SSSR count). The Hall–Kier alpha value is -0.120. The summed E-state index contributed by atoms with van der Waals surface area (Å²) in [5.41, 5.74) is 0.368. The molecule has 2 saturated heterocycles. The molecule has 0 unspecified atom stereocenters. The minimum atomic E-state index is 0. The van der Waals surface area contributed by atoms with E-state index in [1.807, 2.05) is 0 Å². The van der Waals surface area contributed by atoms with Gasteiger partial charge in [-0.15, -0.1) is 0 Å². The normalized spacial score (nSPS) is 30.3. The van der Waals surface area contributed by atoms with Gasteiger partial charge in [-0.1, -0.05) is 6.92 Å². The van der Waals surface area contributed by atoms with Crippen molar-refractivity contribution in [1.82, 2.24) is 10.2 Å². The monoisotopic (exact) mass is 158 g/mol. The van der Waals surface area contributed by atoms with Gasteiger partial charge in [0.05, 0.1) is 18.8 Å². The smallest absolute Gasteiger partial charge is 0.0694 e. The molecule has 3 heteroatoms. The fourth-order valence-electron chi connectivity index (χ4n) is 2.00. The van der Waals surface area contributed by atoms with Crippen LogP contribution in [0.4, 0.5) is 0 Å². The fourth-order valence-corrected chi connectivity index (χ4v) is 2.00. The lowest BCUT2D eigenvalue weighted by molar-refractivity contribution is -0.0903. The Balaban J connectivity index is 0.000000720. The summed E-state index contributed by atoms with van der Waals surface area (Å²) < 4.78 is 5.48. The average Bonchev–Trinajstić information content (AvgIpc) is 2.01. The van der Waals surface area contributed by atoms with Gasteiger partial charge in [0.1, 0.15) is 0 Å². The quantitative estimate of drug-likeness (QED) is 0.578.